The lowest BCUT2D eigenvalue weighted by Crippen LogP contribution is -2.60. The van der Waals surface area contributed by atoms with Crippen LogP contribution in [0.5, 0.6) is 0 Å². The first-order valence-electron chi connectivity index (χ1n) is 22.2. The van der Waals surface area contributed by atoms with E-state index < -0.39 is 71.2 Å². The maximum absolute atomic E-state index is 12.8. The van der Waals surface area contributed by atoms with E-state index in [1.165, 1.54) is 57.8 Å². The van der Waals surface area contributed by atoms with Gasteiger partial charge in [-0.05, 0) is 57.8 Å². The van der Waals surface area contributed by atoms with E-state index in [9.17, 15) is 37.9 Å². The van der Waals surface area contributed by atoms with Gasteiger partial charge in [0.05, 0.1) is 6.61 Å². The molecule has 12 nitrogen and oxygen atoms in total. The molecule has 0 aromatic carbocycles. The molecular weight excluding hydrogens is 765 g/mol. The van der Waals surface area contributed by atoms with Crippen LogP contribution >= 0.6 is 0 Å². The Morgan fingerprint density at radius 1 is 0.638 bits per heavy atom. The second-order valence-corrected chi connectivity index (χ2v) is 16.9. The number of unbranched alkanes of at least 4 members (excludes halogenated alkanes) is 18. The van der Waals surface area contributed by atoms with Crippen molar-refractivity contribution in [3.63, 3.8) is 0 Å². The number of aliphatic hydroxyl groups excluding tert-OH is 3. The fourth-order valence-electron chi connectivity index (χ4n) is 6.61. The molecule has 1 rings (SSSR count). The van der Waals surface area contributed by atoms with E-state index in [1.807, 2.05) is 6.08 Å². The van der Waals surface area contributed by atoms with Gasteiger partial charge in [0.25, 0.3) is 10.1 Å². The minimum atomic E-state index is -4.60. The van der Waals surface area contributed by atoms with Crippen molar-refractivity contribution in [3.8, 4) is 0 Å². The van der Waals surface area contributed by atoms with Gasteiger partial charge in [0.2, 0.25) is 0 Å². The first-order chi connectivity index (χ1) is 28.0. The summed E-state index contributed by atoms with van der Waals surface area (Å²) in [6.07, 6.45) is 30.5. The Bertz CT molecular complexity index is 1250. The number of hydrogen-bond donors (Lipinski definition) is 4. The van der Waals surface area contributed by atoms with Gasteiger partial charge in [0.15, 0.2) is 12.4 Å². The monoisotopic (exact) mass is 843 g/mol. The van der Waals surface area contributed by atoms with Gasteiger partial charge in [0.1, 0.15) is 36.8 Å². The summed E-state index contributed by atoms with van der Waals surface area (Å²) in [5, 5.41) is 30.9. The zero-order valence-electron chi connectivity index (χ0n) is 35.5. The molecule has 0 aromatic rings. The third-order valence-corrected chi connectivity index (χ3v) is 10.8. The number of allylic oxidation sites excluding steroid dienone is 7. The molecule has 13 heteroatoms. The molecule has 1 aliphatic heterocycles. The lowest BCUT2D eigenvalue weighted by molar-refractivity contribution is -0.297. The first-order valence-corrected chi connectivity index (χ1v) is 23.8. The molecule has 0 bridgehead atoms. The van der Waals surface area contributed by atoms with Crippen molar-refractivity contribution < 1.29 is 56.8 Å². The van der Waals surface area contributed by atoms with E-state index in [0.29, 0.717) is 12.8 Å². The van der Waals surface area contributed by atoms with Crippen LogP contribution in [-0.4, -0.2) is 96.0 Å². The topological polar surface area (TPSA) is 186 Å². The summed E-state index contributed by atoms with van der Waals surface area (Å²) in [6.45, 7) is 5.15. The fraction of sp³-hybridized carbons (Fsp3) is 0.778. The van der Waals surface area contributed by atoms with E-state index in [1.54, 1.807) is 0 Å². The van der Waals surface area contributed by atoms with Gasteiger partial charge in [-0.3, -0.25) is 14.1 Å². The molecule has 0 saturated carbocycles. The molecule has 1 aliphatic rings. The molecule has 1 heterocycles. The largest absolute Gasteiger partial charge is 0.462 e. The maximum atomic E-state index is 12.8. The van der Waals surface area contributed by atoms with Crippen molar-refractivity contribution in [3.05, 3.63) is 49.1 Å². The summed E-state index contributed by atoms with van der Waals surface area (Å²) in [6, 6.07) is 0. The van der Waals surface area contributed by atoms with Crippen LogP contribution in [0.15, 0.2) is 49.1 Å². The van der Waals surface area contributed by atoms with Crippen LogP contribution in [0.4, 0.5) is 0 Å². The second kappa shape index (κ2) is 35.4. The van der Waals surface area contributed by atoms with E-state index >= 15 is 0 Å². The van der Waals surface area contributed by atoms with Crippen LogP contribution in [0, 0.1) is 0 Å². The Hall–Kier alpha value is -2.39. The molecule has 58 heavy (non-hydrogen) atoms. The quantitative estimate of drug-likeness (QED) is 0.0202. The SMILES string of the molecule is C=CCCCCCCCCCCCCCCCC(=O)O[C@H](COC(=O)CCCCCCC/C=C/C/C=C/C/C=C/CC)CO[C@H]1O[C@H](CS(=O)(=O)O)[C@@H](O)C(O)C1O. The number of rotatable bonds is 37. The third-order valence-electron chi connectivity index (χ3n) is 10.0. The molecule has 0 radical (unpaired) electrons. The van der Waals surface area contributed by atoms with E-state index in [0.717, 1.165) is 77.0 Å². The minimum absolute atomic E-state index is 0.158. The Balaban J connectivity index is 2.46. The van der Waals surface area contributed by atoms with Gasteiger partial charge in [-0.25, -0.2) is 0 Å². The van der Waals surface area contributed by atoms with Crippen molar-refractivity contribution in [2.75, 3.05) is 19.0 Å². The number of esters is 2. The predicted octanol–water partition coefficient (Wildman–Crippen LogP) is 8.78. The summed E-state index contributed by atoms with van der Waals surface area (Å²) in [5.74, 6) is -2.01. The van der Waals surface area contributed by atoms with Crippen LogP contribution < -0.4 is 0 Å². The van der Waals surface area contributed by atoms with E-state index in [-0.39, 0.29) is 19.4 Å². The van der Waals surface area contributed by atoms with Gasteiger partial charge in [-0.1, -0.05) is 139 Å². The molecular formula is C45H78O12S. The summed E-state index contributed by atoms with van der Waals surface area (Å²) >= 11 is 0. The summed E-state index contributed by atoms with van der Waals surface area (Å²) in [7, 11) is -4.60. The molecule has 0 spiro atoms. The first kappa shape index (κ1) is 53.6. The van der Waals surface area contributed by atoms with Gasteiger partial charge in [0, 0.05) is 12.8 Å². The molecule has 6 atom stereocenters. The Kier molecular flexibility index (Phi) is 32.7. The molecule has 1 fully saturated rings. The van der Waals surface area contributed by atoms with Gasteiger partial charge < -0.3 is 34.3 Å². The third kappa shape index (κ3) is 29.8. The van der Waals surface area contributed by atoms with Crippen molar-refractivity contribution in [2.45, 2.75) is 204 Å². The maximum Gasteiger partial charge on any atom is 0.306 e. The van der Waals surface area contributed by atoms with Crippen LogP contribution in [0.2, 0.25) is 0 Å². The lowest BCUT2D eigenvalue weighted by atomic mass is 10.00. The smallest absolute Gasteiger partial charge is 0.306 e. The number of carbonyl (C=O) groups is 2. The fourth-order valence-corrected chi connectivity index (χ4v) is 7.30. The molecule has 0 amide bonds. The number of hydrogen-bond acceptors (Lipinski definition) is 11. The average molecular weight is 843 g/mol. The molecule has 336 valence electrons. The minimum Gasteiger partial charge on any atom is -0.462 e. The standard InChI is InChI=1S/C45H78O12S/c1-3-5-7-9-11-13-15-17-19-21-23-25-27-29-31-33-40(46)54-35-38(36-55-45-44(50)43(49)42(48)39(57-45)37-58(51,52)53)56-41(47)34-32-30-28-26-24-22-20-18-16-14-12-10-8-6-4-2/h4-5,7,11,13,17,19,38-39,42-45,48-50H,2-3,6,8-10,12,14-16,18,20-37H2,1H3,(H,51,52,53)/b7-5+,13-11+,19-17+/t38-,39-,42-,43?,44?,45+/m1/s1. The molecule has 0 aromatic heterocycles. The van der Waals surface area contributed by atoms with Crippen LogP contribution in [-0.2, 0) is 38.7 Å². The Morgan fingerprint density at radius 2 is 1.12 bits per heavy atom. The number of ether oxygens (including phenoxy) is 4. The van der Waals surface area contributed by atoms with Crippen molar-refractivity contribution in [2.24, 2.45) is 0 Å². The average Bonchev–Trinajstić information content (AvgIpc) is 3.18. The molecule has 0 aliphatic carbocycles. The zero-order valence-corrected chi connectivity index (χ0v) is 36.3. The second-order valence-electron chi connectivity index (χ2n) is 15.4. The normalized spacial score (nSPS) is 20.6. The van der Waals surface area contributed by atoms with E-state index in [2.05, 4.69) is 50.0 Å². The highest BCUT2D eigenvalue weighted by Crippen LogP contribution is 2.24. The number of aliphatic hydroxyl groups is 3. The van der Waals surface area contributed by atoms with Crippen LogP contribution in [0.25, 0.3) is 0 Å². The van der Waals surface area contributed by atoms with Crippen molar-refractivity contribution in [1.82, 2.24) is 0 Å². The van der Waals surface area contributed by atoms with Crippen LogP contribution in [0.3, 0.4) is 0 Å². The lowest BCUT2D eigenvalue weighted by Gasteiger charge is -2.40. The molecule has 2 unspecified atom stereocenters. The van der Waals surface area contributed by atoms with Crippen LogP contribution in [0.1, 0.15) is 167 Å². The Morgan fingerprint density at radius 3 is 1.66 bits per heavy atom. The summed E-state index contributed by atoms with van der Waals surface area (Å²) in [5.41, 5.74) is 0. The molecule has 1 saturated heterocycles. The zero-order chi connectivity index (χ0) is 42.7. The predicted molar refractivity (Wildman–Crippen MR) is 229 cm³/mol. The number of carbonyl (C=O) groups excluding carboxylic acids is 2. The summed E-state index contributed by atoms with van der Waals surface area (Å²) < 4.78 is 54.0. The van der Waals surface area contributed by atoms with Crippen molar-refractivity contribution >= 4 is 22.1 Å². The van der Waals surface area contributed by atoms with Gasteiger partial charge in [-0.2, -0.15) is 8.42 Å². The highest BCUT2D eigenvalue weighted by atomic mass is 32.2. The van der Waals surface area contributed by atoms with Gasteiger partial charge >= 0.3 is 11.9 Å². The highest BCUT2D eigenvalue weighted by Gasteiger charge is 2.46. The van der Waals surface area contributed by atoms with Gasteiger partial charge in [-0.15, -0.1) is 6.58 Å². The summed E-state index contributed by atoms with van der Waals surface area (Å²) in [4.78, 5) is 25.4. The highest BCUT2D eigenvalue weighted by molar-refractivity contribution is 7.85. The van der Waals surface area contributed by atoms with E-state index in [4.69, 9.17) is 18.9 Å². The Labute approximate surface area is 350 Å². The van der Waals surface area contributed by atoms with Crippen molar-refractivity contribution in [1.29, 1.82) is 0 Å². The molecule has 4 N–H and O–H groups in total.